The van der Waals surface area contributed by atoms with Gasteiger partial charge in [0.25, 0.3) is 0 Å². The third-order valence-corrected chi connectivity index (χ3v) is 4.48. The molecule has 0 bridgehead atoms. The van der Waals surface area contributed by atoms with E-state index in [1.54, 1.807) is 39.0 Å². The van der Waals surface area contributed by atoms with E-state index in [1.165, 1.54) is 0 Å². The van der Waals surface area contributed by atoms with Gasteiger partial charge in [0, 0.05) is 16.2 Å². The fourth-order valence-electron chi connectivity index (χ4n) is 2.19. The summed E-state index contributed by atoms with van der Waals surface area (Å²) in [5.74, 6) is 0. The zero-order valence-electron chi connectivity index (χ0n) is 15.3. The average molecular weight is 354 g/mol. The van der Waals surface area contributed by atoms with Crippen molar-refractivity contribution in [1.29, 1.82) is 0 Å². The van der Waals surface area contributed by atoms with Crippen molar-refractivity contribution in [3.05, 3.63) is 23.2 Å². The summed E-state index contributed by atoms with van der Waals surface area (Å²) in [4.78, 5) is 11.8. The fourth-order valence-corrected chi connectivity index (χ4v) is 2.46. The molecule has 0 aromatic heterocycles. The van der Waals surface area contributed by atoms with Crippen molar-refractivity contribution < 1.29 is 18.8 Å². The summed E-state index contributed by atoms with van der Waals surface area (Å²) in [5.41, 5.74) is -0.154. The summed E-state index contributed by atoms with van der Waals surface area (Å²) < 4.78 is 17.2. The van der Waals surface area contributed by atoms with Crippen LogP contribution in [0.3, 0.4) is 0 Å². The first-order valence-electron chi connectivity index (χ1n) is 7.96. The molecule has 0 unspecified atom stereocenters. The van der Waals surface area contributed by atoms with E-state index >= 15 is 0 Å². The van der Waals surface area contributed by atoms with Gasteiger partial charge in [0.1, 0.15) is 5.60 Å². The zero-order chi connectivity index (χ0) is 18.3. The minimum Gasteiger partial charge on any atom is -0.444 e. The second-order valence-corrected chi connectivity index (χ2v) is 8.36. The van der Waals surface area contributed by atoms with Crippen LogP contribution in [0.25, 0.3) is 0 Å². The molecule has 1 amide bonds. The predicted molar refractivity (Wildman–Crippen MR) is 97.0 cm³/mol. The maximum Gasteiger partial charge on any atom is 0.496 e. The number of amides is 1. The van der Waals surface area contributed by atoms with Crippen LogP contribution in [0, 0.1) is 0 Å². The van der Waals surface area contributed by atoms with Gasteiger partial charge in [0.15, 0.2) is 0 Å². The molecule has 1 saturated heterocycles. The van der Waals surface area contributed by atoms with Gasteiger partial charge in [-0.25, -0.2) is 4.79 Å². The van der Waals surface area contributed by atoms with E-state index in [2.05, 4.69) is 5.32 Å². The number of ether oxygens (including phenoxy) is 1. The van der Waals surface area contributed by atoms with Gasteiger partial charge in [-0.05, 0) is 60.6 Å². The molecule has 1 aliphatic rings. The summed E-state index contributed by atoms with van der Waals surface area (Å²) in [7, 11) is -0.543. The Morgan fingerprint density at radius 1 is 1.17 bits per heavy atom. The van der Waals surface area contributed by atoms with Crippen molar-refractivity contribution >= 4 is 36.0 Å². The third kappa shape index (κ3) is 4.24. The van der Waals surface area contributed by atoms with Crippen LogP contribution in [-0.2, 0) is 14.0 Å². The number of hydrogen-bond acceptors (Lipinski definition) is 4. The van der Waals surface area contributed by atoms with Crippen LogP contribution >= 0.6 is 11.6 Å². The first-order valence-corrected chi connectivity index (χ1v) is 8.34. The van der Waals surface area contributed by atoms with Crippen LogP contribution in [0.1, 0.15) is 48.5 Å². The van der Waals surface area contributed by atoms with Crippen molar-refractivity contribution in [3.63, 3.8) is 0 Å². The van der Waals surface area contributed by atoms with E-state index in [4.69, 9.17) is 25.6 Å². The molecule has 1 N–H and O–H groups in total. The highest BCUT2D eigenvalue weighted by molar-refractivity contribution is 6.65. The second kappa shape index (κ2) is 6.25. The van der Waals surface area contributed by atoms with Gasteiger partial charge in [-0.2, -0.15) is 0 Å². The Kier molecular flexibility index (Phi) is 4.97. The lowest BCUT2D eigenvalue weighted by molar-refractivity contribution is 0.00578. The molecule has 5 nitrogen and oxygen atoms in total. The predicted octanol–water partition coefficient (Wildman–Crippen LogP) is 3.99. The Morgan fingerprint density at radius 3 is 2.17 bits per heavy atom. The summed E-state index contributed by atoms with van der Waals surface area (Å²) in [6, 6.07) is 5.19. The number of anilines is 1. The van der Waals surface area contributed by atoms with Crippen LogP contribution in [0.4, 0.5) is 10.5 Å². The number of benzene rings is 1. The maximum absolute atomic E-state index is 11.8. The van der Waals surface area contributed by atoms with Gasteiger partial charge in [-0.3, -0.25) is 5.32 Å². The molecule has 24 heavy (non-hydrogen) atoms. The molecular weight excluding hydrogens is 328 g/mol. The van der Waals surface area contributed by atoms with Gasteiger partial charge in [-0.15, -0.1) is 0 Å². The Bertz CT molecular complexity index is 624. The molecule has 0 atom stereocenters. The molecule has 132 valence electrons. The molecule has 2 rings (SSSR count). The van der Waals surface area contributed by atoms with Crippen molar-refractivity contribution in [1.82, 2.24) is 0 Å². The number of carbonyl (C=O) groups excluding carboxylic acids is 1. The van der Waals surface area contributed by atoms with Crippen molar-refractivity contribution in [3.8, 4) is 0 Å². The van der Waals surface area contributed by atoms with Crippen molar-refractivity contribution in [2.24, 2.45) is 0 Å². The topological polar surface area (TPSA) is 56.8 Å². The molecule has 0 saturated carbocycles. The van der Waals surface area contributed by atoms with Gasteiger partial charge < -0.3 is 14.0 Å². The van der Waals surface area contributed by atoms with Crippen molar-refractivity contribution in [2.45, 2.75) is 65.3 Å². The van der Waals surface area contributed by atoms with E-state index in [-0.39, 0.29) is 0 Å². The lowest BCUT2D eigenvalue weighted by Gasteiger charge is -2.32. The van der Waals surface area contributed by atoms with Crippen LogP contribution in [0.2, 0.25) is 5.02 Å². The lowest BCUT2D eigenvalue weighted by Crippen LogP contribution is -2.41. The smallest absolute Gasteiger partial charge is 0.444 e. The lowest BCUT2D eigenvalue weighted by atomic mass is 9.79. The summed E-state index contributed by atoms with van der Waals surface area (Å²) in [6.07, 6.45) is -0.526. The maximum atomic E-state index is 11.8. The Morgan fingerprint density at radius 2 is 1.71 bits per heavy atom. The molecule has 1 aliphatic heterocycles. The quantitative estimate of drug-likeness (QED) is 0.817. The fraction of sp³-hybridized carbons (Fsp3) is 0.588. The van der Waals surface area contributed by atoms with Gasteiger partial charge >= 0.3 is 13.2 Å². The number of halogens is 1. The van der Waals surface area contributed by atoms with Gasteiger partial charge in [-0.1, -0.05) is 17.7 Å². The average Bonchev–Trinajstić information content (AvgIpc) is 2.55. The Hall–Kier alpha value is -1.24. The van der Waals surface area contributed by atoms with Crippen LogP contribution in [0.5, 0.6) is 0 Å². The summed E-state index contributed by atoms with van der Waals surface area (Å²) in [5, 5.41) is 3.12. The number of rotatable bonds is 2. The molecular formula is C17H25BClNO4. The molecule has 1 heterocycles. The van der Waals surface area contributed by atoms with Crippen LogP contribution in [-0.4, -0.2) is 30.0 Å². The number of nitrogens with one attached hydrogen (secondary N) is 1. The molecule has 1 aromatic rings. The molecule has 7 heteroatoms. The Labute approximate surface area is 149 Å². The van der Waals surface area contributed by atoms with E-state index in [9.17, 15) is 4.79 Å². The first kappa shape index (κ1) is 19.1. The van der Waals surface area contributed by atoms with Crippen LogP contribution in [0.15, 0.2) is 18.2 Å². The molecule has 1 aromatic carbocycles. The highest BCUT2D eigenvalue weighted by Crippen LogP contribution is 2.37. The standard InChI is InChI=1S/C17H25BClNO4/c1-15(2,3)22-14(21)20-11-8-9-12(13(19)10-11)18-23-16(4,5)17(6,7)24-18/h8-10H,1-7H3,(H,20,21). The highest BCUT2D eigenvalue weighted by Gasteiger charge is 2.52. The van der Waals surface area contributed by atoms with Crippen LogP contribution < -0.4 is 10.8 Å². The number of carbonyl (C=O) groups is 1. The van der Waals surface area contributed by atoms with E-state index < -0.39 is 30.0 Å². The van der Waals surface area contributed by atoms with Crippen molar-refractivity contribution in [2.75, 3.05) is 5.32 Å². The first-order chi connectivity index (χ1) is 10.8. The zero-order valence-corrected chi connectivity index (χ0v) is 16.1. The van der Waals surface area contributed by atoms with E-state index in [1.807, 2.05) is 27.7 Å². The molecule has 1 fully saturated rings. The SMILES string of the molecule is CC(C)(C)OC(=O)Nc1ccc(B2OC(C)(C)C(C)(C)O2)c(Cl)c1. The van der Waals surface area contributed by atoms with E-state index in [0.717, 1.165) is 5.46 Å². The summed E-state index contributed by atoms with van der Waals surface area (Å²) in [6.45, 7) is 13.4. The minimum absolute atomic E-state index is 0.436. The van der Waals surface area contributed by atoms with E-state index in [0.29, 0.717) is 10.7 Å². The third-order valence-electron chi connectivity index (χ3n) is 4.15. The minimum atomic E-state index is -0.559. The molecule has 0 aliphatic carbocycles. The summed E-state index contributed by atoms with van der Waals surface area (Å²) >= 11 is 6.36. The van der Waals surface area contributed by atoms with Gasteiger partial charge in [0.2, 0.25) is 0 Å². The highest BCUT2D eigenvalue weighted by atomic mass is 35.5. The molecule has 0 radical (unpaired) electrons. The normalized spacial score (nSPS) is 19.2. The van der Waals surface area contributed by atoms with Gasteiger partial charge in [0.05, 0.1) is 11.2 Å². The second-order valence-electron chi connectivity index (χ2n) is 7.95. The monoisotopic (exact) mass is 353 g/mol. The number of hydrogen-bond donors (Lipinski definition) is 1. The largest absolute Gasteiger partial charge is 0.496 e. The Balaban J connectivity index is 2.13. The molecule has 0 spiro atoms.